The van der Waals surface area contributed by atoms with E-state index in [0.29, 0.717) is 5.88 Å². The molecule has 0 spiro atoms. The van der Waals surface area contributed by atoms with Crippen molar-refractivity contribution in [2.24, 2.45) is 0 Å². The van der Waals surface area contributed by atoms with Crippen molar-refractivity contribution in [3.63, 3.8) is 0 Å². The number of benzene rings is 1. The van der Waals surface area contributed by atoms with Crippen molar-refractivity contribution in [2.75, 3.05) is 7.11 Å². The fraction of sp³-hybridized carbons (Fsp3) is 0.154. The highest BCUT2D eigenvalue weighted by molar-refractivity contribution is 5.29. The summed E-state index contributed by atoms with van der Waals surface area (Å²) in [4.78, 5) is 4.00. The van der Waals surface area contributed by atoms with E-state index in [1.54, 1.807) is 12.1 Å². The van der Waals surface area contributed by atoms with Gasteiger partial charge in [0.25, 0.3) is 0 Å². The number of aliphatic hydroxyl groups excluding tert-OH is 1. The predicted octanol–water partition coefficient (Wildman–Crippen LogP) is 2.45. The molecule has 94 valence electrons. The molecule has 5 heteroatoms. The number of nitrogens with zero attached hydrogens (tertiary/aromatic N) is 1. The van der Waals surface area contributed by atoms with Gasteiger partial charge in [-0.1, -0.05) is 12.1 Å². The van der Waals surface area contributed by atoms with Gasteiger partial charge in [-0.05, 0) is 12.1 Å². The molecule has 0 amide bonds. The number of halogens is 2. The quantitative estimate of drug-likeness (QED) is 0.911. The average molecular weight is 251 g/mol. The molecule has 1 N–H and O–H groups in total. The van der Waals surface area contributed by atoms with Crippen molar-refractivity contribution >= 4 is 0 Å². The first-order valence-corrected chi connectivity index (χ1v) is 5.26. The van der Waals surface area contributed by atoms with Crippen molar-refractivity contribution in [1.82, 2.24) is 4.98 Å². The summed E-state index contributed by atoms with van der Waals surface area (Å²) in [5.74, 6) is -1.19. The first-order chi connectivity index (χ1) is 8.61. The molecule has 0 radical (unpaired) electrons. The SMILES string of the molecule is COc1cccc(C(O)c2ccc(F)cc2F)n1. The first kappa shape index (κ1) is 12.4. The van der Waals surface area contributed by atoms with Gasteiger partial charge < -0.3 is 9.84 Å². The van der Waals surface area contributed by atoms with Crippen LogP contribution in [0.5, 0.6) is 5.88 Å². The molecule has 2 rings (SSSR count). The van der Waals surface area contributed by atoms with Crippen LogP contribution in [0.4, 0.5) is 8.78 Å². The lowest BCUT2D eigenvalue weighted by Gasteiger charge is -2.12. The van der Waals surface area contributed by atoms with E-state index in [1.165, 1.54) is 19.2 Å². The lowest BCUT2D eigenvalue weighted by Crippen LogP contribution is -2.05. The summed E-state index contributed by atoms with van der Waals surface area (Å²) in [6.07, 6.45) is -1.26. The second-order valence-corrected chi connectivity index (χ2v) is 3.67. The highest BCUT2D eigenvalue weighted by Gasteiger charge is 2.17. The zero-order valence-electron chi connectivity index (χ0n) is 9.60. The van der Waals surface area contributed by atoms with Crippen molar-refractivity contribution in [3.05, 3.63) is 59.3 Å². The summed E-state index contributed by atoms with van der Waals surface area (Å²) < 4.78 is 31.2. The molecule has 1 atom stereocenters. The Balaban J connectivity index is 2.37. The van der Waals surface area contributed by atoms with E-state index in [-0.39, 0.29) is 11.3 Å². The minimum Gasteiger partial charge on any atom is -0.481 e. The lowest BCUT2D eigenvalue weighted by atomic mass is 10.1. The minimum atomic E-state index is -1.26. The van der Waals surface area contributed by atoms with Crippen LogP contribution in [0, 0.1) is 11.6 Å². The number of rotatable bonds is 3. The van der Waals surface area contributed by atoms with E-state index in [9.17, 15) is 13.9 Å². The van der Waals surface area contributed by atoms with Gasteiger partial charge in [-0.25, -0.2) is 13.8 Å². The third kappa shape index (κ3) is 2.46. The van der Waals surface area contributed by atoms with E-state index in [1.807, 2.05) is 0 Å². The molecule has 3 nitrogen and oxygen atoms in total. The molecule has 1 aromatic heterocycles. The summed E-state index contributed by atoms with van der Waals surface area (Å²) in [5, 5.41) is 10.0. The standard InChI is InChI=1S/C13H11F2NO2/c1-18-12-4-2-3-11(16-12)13(17)9-6-5-8(14)7-10(9)15/h2-7,13,17H,1H3. The summed E-state index contributed by atoms with van der Waals surface area (Å²) in [7, 11) is 1.44. The maximum Gasteiger partial charge on any atom is 0.213 e. The van der Waals surface area contributed by atoms with E-state index >= 15 is 0 Å². The average Bonchev–Trinajstić information content (AvgIpc) is 2.38. The van der Waals surface area contributed by atoms with Crippen molar-refractivity contribution in [1.29, 1.82) is 0 Å². The molecular formula is C13H11F2NO2. The molecule has 2 aromatic rings. The second kappa shape index (κ2) is 5.10. The van der Waals surface area contributed by atoms with Gasteiger partial charge in [0.2, 0.25) is 5.88 Å². The van der Waals surface area contributed by atoms with E-state index in [0.717, 1.165) is 12.1 Å². The lowest BCUT2D eigenvalue weighted by molar-refractivity contribution is 0.208. The Kier molecular flexibility index (Phi) is 3.53. The maximum absolute atomic E-state index is 13.5. The van der Waals surface area contributed by atoms with Gasteiger partial charge in [-0.15, -0.1) is 0 Å². The van der Waals surface area contributed by atoms with Gasteiger partial charge >= 0.3 is 0 Å². The molecule has 1 heterocycles. The topological polar surface area (TPSA) is 42.4 Å². The van der Waals surface area contributed by atoms with E-state index < -0.39 is 17.7 Å². The molecule has 18 heavy (non-hydrogen) atoms. The molecule has 0 saturated heterocycles. The monoisotopic (exact) mass is 251 g/mol. The molecule has 0 aliphatic heterocycles. The number of ether oxygens (including phenoxy) is 1. The smallest absolute Gasteiger partial charge is 0.213 e. The molecule has 1 unspecified atom stereocenters. The molecule has 0 bridgehead atoms. The fourth-order valence-corrected chi connectivity index (χ4v) is 1.58. The van der Waals surface area contributed by atoms with Gasteiger partial charge in [0.15, 0.2) is 0 Å². The fourth-order valence-electron chi connectivity index (χ4n) is 1.58. The summed E-state index contributed by atoms with van der Waals surface area (Å²) in [5.41, 5.74) is 0.206. The van der Waals surface area contributed by atoms with Crippen LogP contribution in [0.2, 0.25) is 0 Å². The van der Waals surface area contributed by atoms with Crippen LogP contribution >= 0.6 is 0 Å². The van der Waals surface area contributed by atoms with E-state index in [2.05, 4.69) is 4.98 Å². The summed E-state index contributed by atoms with van der Waals surface area (Å²) in [6.45, 7) is 0. The number of methoxy groups -OCH3 is 1. The van der Waals surface area contributed by atoms with E-state index in [4.69, 9.17) is 4.74 Å². The normalized spacial score (nSPS) is 12.2. The van der Waals surface area contributed by atoms with Crippen LogP contribution in [0.15, 0.2) is 36.4 Å². The van der Waals surface area contributed by atoms with Crippen molar-refractivity contribution in [3.8, 4) is 5.88 Å². The molecule has 0 aliphatic carbocycles. The molecular weight excluding hydrogens is 240 g/mol. The Labute approximate surface area is 103 Å². The van der Waals surface area contributed by atoms with Gasteiger partial charge in [0, 0.05) is 17.7 Å². The van der Waals surface area contributed by atoms with Gasteiger partial charge in [0.1, 0.15) is 17.7 Å². The number of pyridine rings is 1. The number of hydrogen-bond acceptors (Lipinski definition) is 3. The summed E-state index contributed by atoms with van der Waals surface area (Å²) in [6, 6.07) is 7.77. The second-order valence-electron chi connectivity index (χ2n) is 3.67. The van der Waals surface area contributed by atoms with Crippen LogP contribution in [0.1, 0.15) is 17.4 Å². The Morgan fingerprint density at radius 2 is 2.00 bits per heavy atom. The third-order valence-electron chi connectivity index (χ3n) is 2.49. The molecule has 0 saturated carbocycles. The number of hydrogen-bond donors (Lipinski definition) is 1. The highest BCUT2D eigenvalue weighted by atomic mass is 19.1. The zero-order chi connectivity index (χ0) is 13.1. The summed E-state index contributed by atoms with van der Waals surface area (Å²) >= 11 is 0. The van der Waals surface area contributed by atoms with Gasteiger partial charge in [-0.3, -0.25) is 0 Å². The van der Waals surface area contributed by atoms with Gasteiger partial charge in [0.05, 0.1) is 12.8 Å². The molecule has 0 fully saturated rings. The maximum atomic E-state index is 13.5. The predicted molar refractivity (Wildman–Crippen MR) is 61.2 cm³/mol. The Morgan fingerprint density at radius 3 is 2.67 bits per heavy atom. The Bertz CT molecular complexity index is 560. The largest absolute Gasteiger partial charge is 0.481 e. The highest BCUT2D eigenvalue weighted by Crippen LogP contribution is 2.24. The van der Waals surface area contributed by atoms with Crippen LogP contribution in [0.25, 0.3) is 0 Å². The third-order valence-corrected chi connectivity index (χ3v) is 2.49. The molecule has 1 aromatic carbocycles. The van der Waals surface area contributed by atoms with Crippen molar-refractivity contribution < 1.29 is 18.6 Å². The van der Waals surface area contributed by atoms with Crippen LogP contribution < -0.4 is 4.74 Å². The zero-order valence-corrected chi connectivity index (χ0v) is 9.60. The Hall–Kier alpha value is -2.01. The van der Waals surface area contributed by atoms with Gasteiger partial charge in [-0.2, -0.15) is 0 Å². The van der Waals surface area contributed by atoms with Crippen LogP contribution in [-0.4, -0.2) is 17.2 Å². The number of aliphatic hydroxyl groups is 1. The van der Waals surface area contributed by atoms with Crippen LogP contribution in [-0.2, 0) is 0 Å². The minimum absolute atomic E-state index is 0.0304. The Morgan fingerprint density at radius 1 is 1.22 bits per heavy atom. The molecule has 0 aliphatic rings. The van der Waals surface area contributed by atoms with Crippen LogP contribution in [0.3, 0.4) is 0 Å². The van der Waals surface area contributed by atoms with Crippen molar-refractivity contribution in [2.45, 2.75) is 6.10 Å². The number of aromatic nitrogens is 1. The first-order valence-electron chi connectivity index (χ1n) is 5.26.